The molecule has 1 atom stereocenters. The summed E-state index contributed by atoms with van der Waals surface area (Å²) in [7, 11) is 0. The highest BCUT2D eigenvalue weighted by atomic mass is 15.2. The number of hydrogen-bond acceptors (Lipinski definition) is 4. The maximum atomic E-state index is 5.97. The minimum absolute atomic E-state index is 0.196. The Morgan fingerprint density at radius 2 is 1.90 bits per heavy atom. The summed E-state index contributed by atoms with van der Waals surface area (Å²) in [4.78, 5) is 11.3. The van der Waals surface area contributed by atoms with E-state index in [9.17, 15) is 0 Å². The molecule has 4 heteroatoms. The Hall–Kier alpha value is -1.94. The minimum atomic E-state index is 0.196. The zero-order valence-electron chi connectivity index (χ0n) is 12.5. The SMILES string of the molecule is CCC(N)Cc1cnc(N2CCc3ccccc3C2)nc1. The van der Waals surface area contributed by atoms with E-state index in [0.29, 0.717) is 0 Å². The van der Waals surface area contributed by atoms with Crippen molar-refractivity contribution in [1.82, 2.24) is 9.97 Å². The molecule has 2 aromatic rings. The number of nitrogens with two attached hydrogens (primary N) is 1. The van der Waals surface area contributed by atoms with Crippen molar-refractivity contribution in [3.8, 4) is 0 Å². The van der Waals surface area contributed by atoms with E-state index in [1.165, 1.54) is 11.1 Å². The third-order valence-corrected chi connectivity index (χ3v) is 4.13. The minimum Gasteiger partial charge on any atom is -0.336 e. The van der Waals surface area contributed by atoms with Gasteiger partial charge in [0.25, 0.3) is 0 Å². The van der Waals surface area contributed by atoms with Crippen molar-refractivity contribution in [2.75, 3.05) is 11.4 Å². The van der Waals surface area contributed by atoms with Gasteiger partial charge in [0.2, 0.25) is 5.95 Å². The molecule has 0 amide bonds. The lowest BCUT2D eigenvalue weighted by molar-refractivity contribution is 0.641. The highest BCUT2D eigenvalue weighted by Gasteiger charge is 2.17. The Kier molecular flexibility index (Phi) is 4.15. The van der Waals surface area contributed by atoms with Gasteiger partial charge in [0.1, 0.15) is 0 Å². The van der Waals surface area contributed by atoms with E-state index in [4.69, 9.17) is 5.73 Å². The Bertz CT molecular complexity index is 594. The predicted octanol–water partition coefficient (Wildman–Crippen LogP) is 2.32. The average molecular weight is 282 g/mol. The molecule has 0 bridgehead atoms. The van der Waals surface area contributed by atoms with Crippen LogP contribution in [-0.4, -0.2) is 22.6 Å². The van der Waals surface area contributed by atoms with Gasteiger partial charge in [-0.2, -0.15) is 0 Å². The molecule has 0 radical (unpaired) electrons. The third kappa shape index (κ3) is 3.22. The molecule has 1 aliphatic rings. The van der Waals surface area contributed by atoms with Crippen molar-refractivity contribution < 1.29 is 0 Å². The van der Waals surface area contributed by atoms with Crippen LogP contribution in [0.1, 0.15) is 30.0 Å². The van der Waals surface area contributed by atoms with Crippen LogP contribution in [0.2, 0.25) is 0 Å². The van der Waals surface area contributed by atoms with Crippen molar-refractivity contribution in [1.29, 1.82) is 0 Å². The molecular formula is C17H22N4. The van der Waals surface area contributed by atoms with Crippen LogP contribution in [0.15, 0.2) is 36.7 Å². The predicted molar refractivity (Wildman–Crippen MR) is 85.2 cm³/mol. The normalized spacial score (nSPS) is 15.6. The van der Waals surface area contributed by atoms with Gasteiger partial charge in [0.05, 0.1) is 0 Å². The molecule has 1 aromatic carbocycles. The van der Waals surface area contributed by atoms with Crippen molar-refractivity contribution >= 4 is 5.95 Å². The summed E-state index contributed by atoms with van der Waals surface area (Å²) in [5.41, 5.74) is 9.91. The molecule has 0 aliphatic carbocycles. The Morgan fingerprint density at radius 3 is 2.62 bits per heavy atom. The van der Waals surface area contributed by atoms with Crippen LogP contribution in [0.5, 0.6) is 0 Å². The molecule has 2 heterocycles. The fraction of sp³-hybridized carbons (Fsp3) is 0.412. The van der Waals surface area contributed by atoms with Gasteiger partial charge in [0.15, 0.2) is 0 Å². The van der Waals surface area contributed by atoms with E-state index in [2.05, 4.69) is 46.1 Å². The largest absolute Gasteiger partial charge is 0.336 e. The highest BCUT2D eigenvalue weighted by Crippen LogP contribution is 2.21. The lowest BCUT2D eigenvalue weighted by Crippen LogP contribution is -2.31. The van der Waals surface area contributed by atoms with Crippen LogP contribution < -0.4 is 10.6 Å². The smallest absolute Gasteiger partial charge is 0.225 e. The molecule has 0 spiro atoms. The molecule has 1 aromatic heterocycles. The summed E-state index contributed by atoms with van der Waals surface area (Å²) in [6, 6.07) is 8.80. The molecule has 1 unspecified atom stereocenters. The molecule has 0 fully saturated rings. The quantitative estimate of drug-likeness (QED) is 0.935. The summed E-state index contributed by atoms with van der Waals surface area (Å²) in [5.74, 6) is 0.818. The second-order valence-corrected chi connectivity index (χ2v) is 5.70. The molecule has 0 saturated heterocycles. The van der Waals surface area contributed by atoms with Gasteiger partial charge < -0.3 is 10.6 Å². The number of rotatable bonds is 4. The van der Waals surface area contributed by atoms with E-state index >= 15 is 0 Å². The second kappa shape index (κ2) is 6.22. The van der Waals surface area contributed by atoms with Crippen LogP contribution >= 0.6 is 0 Å². The monoisotopic (exact) mass is 282 g/mol. The number of fused-ring (bicyclic) bond motifs is 1. The molecular weight excluding hydrogens is 260 g/mol. The molecule has 21 heavy (non-hydrogen) atoms. The van der Waals surface area contributed by atoms with Crippen LogP contribution in [-0.2, 0) is 19.4 Å². The zero-order chi connectivity index (χ0) is 14.7. The molecule has 3 rings (SSSR count). The standard InChI is InChI=1S/C17H22N4/c1-2-16(18)9-13-10-19-17(20-11-13)21-8-7-14-5-3-4-6-15(14)12-21/h3-6,10-11,16H,2,7-9,12,18H2,1H3. The fourth-order valence-electron chi connectivity index (χ4n) is 2.73. The van der Waals surface area contributed by atoms with Gasteiger partial charge in [0, 0.05) is 31.5 Å². The maximum absolute atomic E-state index is 5.97. The fourth-order valence-corrected chi connectivity index (χ4v) is 2.73. The Labute approximate surface area is 126 Å². The summed E-state index contributed by atoms with van der Waals surface area (Å²) in [5, 5.41) is 0. The van der Waals surface area contributed by atoms with E-state index in [1.807, 2.05) is 12.4 Å². The van der Waals surface area contributed by atoms with Crippen molar-refractivity contribution in [2.45, 2.75) is 38.8 Å². The van der Waals surface area contributed by atoms with E-state index in [1.54, 1.807) is 0 Å². The molecule has 2 N–H and O–H groups in total. The van der Waals surface area contributed by atoms with Gasteiger partial charge in [-0.3, -0.25) is 0 Å². The summed E-state index contributed by atoms with van der Waals surface area (Å²) in [6.07, 6.45) is 6.71. The van der Waals surface area contributed by atoms with Crippen LogP contribution in [0, 0.1) is 0 Å². The van der Waals surface area contributed by atoms with Gasteiger partial charge in [-0.1, -0.05) is 31.2 Å². The highest BCUT2D eigenvalue weighted by molar-refractivity contribution is 5.39. The lowest BCUT2D eigenvalue weighted by Gasteiger charge is -2.28. The summed E-state index contributed by atoms with van der Waals surface area (Å²) in [6.45, 7) is 3.97. The first-order valence-electron chi connectivity index (χ1n) is 7.64. The second-order valence-electron chi connectivity index (χ2n) is 5.70. The molecule has 1 aliphatic heterocycles. The first-order chi connectivity index (χ1) is 10.3. The number of anilines is 1. The van der Waals surface area contributed by atoms with E-state index in [-0.39, 0.29) is 6.04 Å². The van der Waals surface area contributed by atoms with Crippen molar-refractivity contribution in [3.05, 3.63) is 53.3 Å². The van der Waals surface area contributed by atoms with E-state index in [0.717, 1.165) is 43.9 Å². The number of aromatic nitrogens is 2. The average Bonchev–Trinajstić information content (AvgIpc) is 2.55. The van der Waals surface area contributed by atoms with Gasteiger partial charge in [-0.05, 0) is 36.0 Å². The van der Waals surface area contributed by atoms with Gasteiger partial charge in [-0.25, -0.2) is 9.97 Å². The summed E-state index contributed by atoms with van der Waals surface area (Å²) < 4.78 is 0. The number of hydrogen-bond donors (Lipinski definition) is 1. The van der Waals surface area contributed by atoms with Gasteiger partial charge in [-0.15, -0.1) is 0 Å². The zero-order valence-corrected chi connectivity index (χ0v) is 12.5. The summed E-state index contributed by atoms with van der Waals surface area (Å²) >= 11 is 0. The number of benzene rings is 1. The van der Waals surface area contributed by atoms with Crippen molar-refractivity contribution in [3.63, 3.8) is 0 Å². The van der Waals surface area contributed by atoms with Crippen LogP contribution in [0.3, 0.4) is 0 Å². The van der Waals surface area contributed by atoms with Crippen molar-refractivity contribution in [2.24, 2.45) is 5.73 Å². The molecule has 110 valence electrons. The Balaban J connectivity index is 1.71. The lowest BCUT2D eigenvalue weighted by atomic mass is 10.0. The molecule has 0 saturated carbocycles. The maximum Gasteiger partial charge on any atom is 0.225 e. The number of nitrogens with zero attached hydrogens (tertiary/aromatic N) is 3. The van der Waals surface area contributed by atoms with Crippen LogP contribution in [0.4, 0.5) is 5.95 Å². The topological polar surface area (TPSA) is 55.0 Å². The molecule has 4 nitrogen and oxygen atoms in total. The van der Waals surface area contributed by atoms with E-state index < -0.39 is 0 Å². The Morgan fingerprint density at radius 1 is 1.19 bits per heavy atom. The van der Waals surface area contributed by atoms with Crippen LogP contribution in [0.25, 0.3) is 0 Å². The first kappa shape index (κ1) is 14.0. The van der Waals surface area contributed by atoms with Gasteiger partial charge >= 0.3 is 0 Å². The first-order valence-corrected chi connectivity index (χ1v) is 7.64. The third-order valence-electron chi connectivity index (χ3n) is 4.13.